The Balaban J connectivity index is 0.741. The number of rotatable bonds is 15. The summed E-state index contributed by atoms with van der Waals surface area (Å²) in [6.45, 7) is 14.8. The van der Waals surface area contributed by atoms with Crippen LogP contribution in [-0.4, -0.2) is 157 Å². The van der Waals surface area contributed by atoms with Gasteiger partial charge in [-0.15, -0.1) is 10.2 Å². The van der Waals surface area contributed by atoms with Crippen molar-refractivity contribution in [2.24, 2.45) is 11.7 Å². The fourth-order valence-corrected chi connectivity index (χ4v) is 11.7. The van der Waals surface area contributed by atoms with Gasteiger partial charge < -0.3 is 40.3 Å². The van der Waals surface area contributed by atoms with Gasteiger partial charge in [-0.1, -0.05) is 68.4 Å². The summed E-state index contributed by atoms with van der Waals surface area (Å²) in [6, 6.07) is 24.4. The number of fused-ring (bicyclic) bond motifs is 2. The number of hydrogen-bond acceptors (Lipinski definition) is 15. The molecule has 406 valence electrons. The van der Waals surface area contributed by atoms with Crippen LogP contribution >= 0.6 is 11.6 Å². The predicted octanol–water partition coefficient (Wildman–Crippen LogP) is 6.58. The van der Waals surface area contributed by atoms with Crippen LogP contribution in [0.1, 0.15) is 72.0 Å². The molecule has 21 heteroatoms. The van der Waals surface area contributed by atoms with Crippen molar-refractivity contribution < 1.29 is 33.7 Å². The van der Waals surface area contributed by atoms with Crippen molar-refractivity contribution in [1.29, 1.82) is 5.26 Å². The maximum absolute atomic E-state index is 14.1. The summed E-state index contributed by atoms with van der Waals surface area (Å²) in [7, 11) is 0. The van der Waals surface area contributed by atoms with Crippen LogP contribution in [0.2, 0.25) is 5.02 Å². The molecule has 4 aromatic carbocycles. The smallest absolute Gasteiger partial charge is 0.318 e. The molecule has 3 amide bonds. The molecule has 0 spiro atoms. The van der Waals surface area contributed by atoms with E-state index in [0.717, 1.165) is 59.2 Å². The highest BCUT2D eigenvalue weighted by molar-refractivity contribution is 6.36. The molecule has 0 aliphatic carbocycles. The second kappa shape index (κ2) is 23.0. The average molecular weight is 1080 g/mol. The minimum absolute atomic E-state index is 0.0220. The number of phenolic OH excluding ortho intramolecular Hbond substituents is 2. The van der Waals surface area contributed by atoms with E-state index in [1.807, 2.05) is 73.3 Å². The summed E-state index contributed by atoms with van der Waals surface area (Å²) in [5, 5.41) is 41.9. The number of anilines is 2. The predicted molar refractivity (Wildman–Crippen MR) is 293 cm³/mol. The van der Waals surface area contributed by atoms with E-state index in [1.165, 1.54) is 15.5 Å². The normalized spacial score (nSPS) is 17.6. The number of aromatic nitrogens is 5. The van der Waals surface area contributed by atoms with Crippen LogP contribution < -0.4 is 20.3 Å². The van der Waals surface area contributed by atoms with E-state index in [-0.39, 0.29) is 66.4 Å². The van der Waals surface area contributed by atoms with Gasteiger partial charge in [-0.3, -0.25) is 28.8 Å². The SMILES string of the molecule is C=C(F)C(=O)N1CCN(c2nc(OCCN3CCN(C(=O)C4CCN(Cc5ccc(-n6c(C(N)=O)nnc6-c6cc(C(C)C)c(O)cc6O)cc5)CC4)CC3)nc3c2CCN(c2cccc4cccc(Cl)c24)C3)C[C@@H]1CC#N. The molecule has 3 saturated heterocycles. The van der Waals surface area contributed by atoms with E-state index in [4.69, 9.17) is 32.0 Å². The molecule has 78 heavy (non-hydrogen) atoms. The number of ether oxygens (including phenoxy) is 1. The Hall–Kier alpha value is -7.86. The number of piperazine rings is 2. The number of primary amides is 1. The van der Waals surface area contributed by atoms with E-state index >= 15 is 0 Å². The number of piperidine rings is 1. The molecule has 0 radical (unpaired) electrons. The Bertz CT molecular complexity index is 3290. The van der Waals surface area contributed by atoms with Gasteiger partial charge in [0, 0.05) is 99.8 Å². The first-order chi connectivity index (χ1) is 37.6. The van der Waals surface area contributed by atoms with Gasteiger partial charge in [-0.25, -0.2) is 4.39 Å². The topological polar surface area (TPSA) is 227 Å². The first kappa shape index (κ1) is 53.5. The van der Waals surface area contributed by atoms with Crippen LogP contribution in [0.25, 0.3) is 27.8 Å². The molecule has 4 aliphatic rings. The van der Waals surface area contributed by atoms with Crippen molar-refractivity contribution in [2.45, 2.75) is 64.6 Å². The van der Waals surface area contributed by atoms with Gasteiger partial charge in [0.25, 0.3) is 11.8 Å². The number of hydrogen-bond donors (Lipinski definition) is 3. The third-order valence-corrected chi connectivity index (χ3v) is 15.9. The molecular weight excluding hydrogens is 1020 g/mol. The van der Waals surface area contributed by atoms with Crippen LogP contribution in [0.15, 0.2) is 85.2 Å². The van der Waals surface area contributed by atoms with Gasteiger partial charge in [0.2, 0.25) is 11.7 Å². The molecule has 2 aromatic heterocycles. The molecule has 6 aromatic rings. The van der Waals surface area contributed by atoms with E-state index in [2.05, 4.69) is 48.5 Å². The number of amides is 3. The molecule has 0 saturated carbocycles. The Labute approximate surface area is 456 Å². The monoisotopic (exact) mass is 1080 g/mol. The lowest BCUT2D eigenvalue weighted by Gasteiger charge is -2.42. The number of likely N-dealkylation sites (tertiary alicyclic amines) is 1. The number of carbonyl (C=O) groups is 3. The first-order valence-electron chi connectivity index (χ1n) is 26.5. The lowest BCUT2D eigenvalue weighted by Crippen LogP contribution is -2.55. The number of phenols is 2. The molecule has 4 aliphatic heterocycles. The van der Waals surface area contributed by atoms with Gasteiger partial charge in [0.05, 0.1) is 41.4 Å². The number of halogens is 2. The van der Waals surface area contributed by atoms with Gasteiger partial charge in [-0.2, -0.15) is 15.2 Å². The summed E-state index contributed by atoms with van der Waals surface area (Å²) in [6.07, 6.45) is 2.15. The molecule has 3 fully saturated rings. The highest BCUT2D eigenvalue weighted by Crippen LogP contribution is 2.40. The summed E-state index contributed by atoms with van der Waals surface area (Å²) < 4.78 is 22.0. The van der Waals surface area contributed by atoms with E-state index in [0.29, 0.717) is 99.6 Å². The van der Waals surface area contributed by atoms with Crippen molar-refractivity contribution in [3.05, 3.63) is 118 Å². The molecule has 0 unspecified atom stereocenters. The second-order valence-electron chi connectivity index (χ2n) is 20.8. The molecule has 1 atom stereocenters. The minimum Gasteiger partial charge on any atom is -0.508 e. The Morgan fingerprint density at radius 3 is 2.35 bits per heavy atom. The van der Waals surface area contributed by atoms with Crippen molar-refractivity contribution in [3.8, 4) is 40.7 Å². The quantitative estimate of drug-likeness (QED) is 0.0924. The van der Waals surface area contributed by atoms with E-state index in [9.17, 15) is 34.2 Å². The highest BCUT2D eigenvalue weighted by Gasteiger charge is 2.36. The Kier molecular flexibility index (Phi) is 15.8. The third-order valence-electron chi connectivity index (χ3n) is 15.5. The van der Waals surface area contributed by atoms with Crippen LogP contribution in [0.5, 0.6) is 17.5 Å². The maximum Gasteiger partial charge on any atom is 0.318 e. The summed E-state index contributed by atoms with van der Waals surface area (Å²) in [5.41, 5.74) is 11.0. The maximum atomic E-state index is 14.1. The average Bonchev–Trinajstić information content (AvgIpc) is 3.88. The largest absolute Gasteiger partial charge is 0.508 e. The number of nitriles is 1. The van der Waals surface area contributed by atoms with E-state index in [1.54, 1.807) is 6.07 Å². The first-order valence-corrected chi connectivity index (χ1v) is 26.9. The van der Waals surface area contributed by atoms with Crippen molar-refractivity contribution in [3.63, 3.8) is 0 Å². The lowest BCUT2D eigenvalue weighted by atomic mass is 9.94. The second-order valence-corrected chi connectivity index (χ2v) is 21.2. The minimum atomic E-state index is -1.05. The number of benzene rings is 4. The summed E-state index contributed by atoms with van der Waals surface area (Å²) in [4.78, 5) is 61.4. The van der Waals surface area contributed by atoms with E-state index < -0.39 is 23.7 Å². The Morgan fingerprint density at radius 2 is 1.64 bits per heavy atom. The molecular formula is C57H63ClFN13O6. The molecule has 10 rings (SSSR count). The molecule has 4 N–H and O–H groups in total. The lowest BCUT2D eigenvalue weighted by molar-refractivity contribution is -0.139. The summed E-state index contributed by atoms with van der Waals surface area (Å²) >= 11 is 6.78. The number of nitrogens with two attached hydrogens (primary N) is 1. The van der Waals surface area contributed by atoms with Gasteiger partial charge >= 0.3 is 6.01 Å². The fraction of sp³-hybridized carbons (Fsp3) is 0.404. The van der Waals surface area contributed by atoms with Gasteiger partial charge in [0.15, 0.2) is 11.7 Å². The Morgan fingerprint density at radius 1 is 0.897 bits per heavy atom. The zero-order chi connectivity index (χ0) is 54.8. The van der Waals surface area contributed by atoms with Crippen LogP contribution in [0.3, 0.4) is 0 Å². The summed E-state index contributed by atoms with van der Waals surface area (Å²) in [5.74, 6) is -2.01. The molecule has 0 bridgehead atoms. The van der Waals surface area contributed by atoms with Crippen molar-refractivity contribution in [1.82, 2.24) is 44.3 Å². The number of aromatic hydroxyl groups is 2. The zero-order valence-corrected chi connectivity index (χ0v) is 44.6. The van der Waals surface area contributed by atoms with Gasteiger partial charge in [-0.05, 0) is 85.1 Å². The standard InChI is InChI=1S/C57H63ClFN13O6/c1-35(2)43-30-44(49(74)31-48(43)73)53-64-65-54(51(61)75)72(53)40-12-10-37(11-13-40)32-67-19-15-39(16-20-67)56(77)68-24-22-66(23-25-68)28-29-78-57-62-46-34-69(47-9-5-7-38-6-4-8-45(58)50(38)47)21-17-42(46)52(63-57)70-26-27-71(55(76)36(3)59)41(33-70)14-18-60/h4-13,30-31,35,39,41,73-74H,3,14-17,19-29,32-34H2,1-2H3,(H2,61,75)/t41-/m0/s1. The third kappa shape index (κ3) is 11.1. The van der Waals surface area contributed by atoms with Crippen LogP contribution in [-0.2, 0) is 29.1 Å². The van der Waals surface area contributed by atoms with Crippen LogP contribution in [0.4, 0.5) is 15.9 Å². The van der Waals surface area contributed by atoms with Crippen molar-refractivity contribution >= 4 is 51.6 Å². The van der Waals surface area contributed by atoms with Crippen LogP contribution in [0, 0.1) is 17.2 Å². The molecule has 6 heterocycles. The highest BCUT2D eigenvalue weighted by atomic mass is 35.5. The van der Waals surface area contributed by atoms with Gasteiger partial charge in [0.1, 0.15) is 23.9 Å². The fourth-order valence-electron chi connectivity index (χ4n) is 11.4. The molecule has 19 nitrogen and oxygen atoms in total. The number of carbonyl (C=O) groups excluding carboxylic acids is 3. The zero-order valence-electron chi connectivity index (χ0n) is 43.8. The number of nitrogens with zero attached hydrogens (tertiary/aromatic N) is 12. The van der Waals surface area contributed by atoms with Crippen molar-refractivity contribution in [2.75, 3.05) is 88.4 Å².